The quantitative estimate of drug-likeness (QED) is 0.587. The van der Waals surface area contributed by atoms with Gasteiger partial charge in [0, 0.05) is 36.7 Å². The first kappa shape index (κ1) is 19.1. The molecule has 0 aliphatic carbocycles. The summed E-state index contributed by atoms with van der Waals surface area (Å²) in [7, 11) is 3.28. The van der Waals surface area contributed by atoms with Crippen LogP contribution in [0.25, 0.3) is 0 Å². The van der Waals surface area contributed by atoms with E-state index >= 15 is 0 Å². The average Bonchev–Trinajstić information content (AvgIpc) is 2.70. The highest BCUT2D eigenvalue weighted by atomic mass is 19.1. The van der Waals surface area contributed by atoms with Crippen molar-refractivity contribution in [2.24, 2.45) is 0 Å². The first-order chi connectivity index (χ1) is 13.4. The van der Waals surface area contributed by atoms with Gasteiger partial charge in [-0.05, 0) is 48.9 Å². The summed E-state index contributed by atoms with van der Waals surface area (Å²) in [6.07, 6.45) is 1.10. The average molecular weight is 380 g/mol. The van der Waals surface area contributed by atoms with Gasteiger partial charge in [-0.2, -0.15) is 4.98 Å². The second kappa shape index (κ2) is 7.91. The number of nitrogens with one attached hydrogen (secondary N) is 2. The Bertz CT molecular complexity index is 1010. The fraction of sp³-hybridized carbons (Fsp3) is 0.150. The van der Waals surface area contributed by atoms with Crippen LogP contribution in [0.3, 0.4) is 0 Å². The van der Waals surface area contributed by atoms with Crippen LogP contribution < -0.4 is 21.3 Å². The maximum atomic E-state index is 14.3. The molecule has 3 aromatic rings. The van der Waals surface area contributed by atoms with E-state index in [2.05, 4.69) is 20.6 Å². The molecule has 8 heteroatoms. The summed E-state index contributed by atoms with van der Waals surface area (Å²) in [6, 6.07) is 12.3. The zero-order chi connectivity index (χ0) is 20.3. The van der Waals surface area contributed by atoms with E-state index in [-0.39, 0.29) is 17.7 Å². The Morgan fingerprint density at radius 2 is 1.89 bits per heavy atom. The number of benzene rings is 2. The summed E-state index contributed by atoms with van der Waals surface area (Å²) >= 11 is 0. The highest BCUT2D eigenvalue weighted by Gasteiger charge is 2.14. The number of halogens is 1. The fourth-order valence-corrected chi connectivity index (χ4v) is 2.68. The molecule has 1 heterocycles. The maximum absolute atomic E-state index is 14.3. The minimum atomic E-state index is -0.556. The Hall–Kier alpha value is -3.68. The number of hydrogen-bond acceptors (Lipinski definition) is 6. The Balaban J connectivity index is 1.89. The van der Waals surface area contributed by atoms with Crippen molar-refractivity contribution in [1.82, 2.24) is 15.3 Å². The lowest BCUT2D eigenvalue weighted by atomic mass is 10.1. The molecule has 3 rings (SSSR count). The molecule has 0 saturated heterocycles. The first-order valence-electron chi connectivity index (χ1n) is 8.60. The Morgan fingerprint density at radius 3 is 2.57 bits per heavy atom. The normalized spacial score (nSPS) is 10.4. The lowest BCUT2D eigenvalue weighted by molar-refractivity contribution is 0.0962. The van der Waals surface area contributed by atoms with Gasteiger partial charge in [-0.25, -0.2) is 9.37 Å². The van der Waals surface area contributed by atoms with Crippen LogP contribution in [-0.2, 0) is 0 Å². The zero-order valence-corrected chi connectivity index (χ0v) is 15.8. The van der Waals surface area contributed by atoms with Crippen molar-refractivity contribution in [3.63, 3.8) is 0 Å². The van der Waals surface area contributed by atoms with Gasteiger partial charge in [0.25, 0.3) is 5.91 Å². The number of anilines is 5. The minimum Gasteiger partial charge on any atom is -0.399 e. The second-order valence-electron chi connectivity index (χ2n) is 6.25. The van der Waals surface area contributed by atoms with E-state index in [1.54, 1.807) is 55.4 Å². The summed E-state index contributed by atoms with van der Waals surface area (Å²) < 4.78 is 14.3. The van der Waals surface area contributed by atoms with Crippen molar-refractivity contribution < 1.29 is 9.18 Å². The molecule has 1 aromatic heterocycles. The van der Waals surface area contributed by atoms with Gasteiger partial charge in [0.1, 0.15) is 0 Å². The number of amides is 1. The first-order valence-corrected chi connectivity index (χ1v) is 8.60. The van der Waals surface area contributed by atoms with Gasteiger partial charge in [-0.3, -0.25) is 4.79 Å². The molecule has 4 N–H and O–H groups in total. The van der Waals surface area contributed by atoms with Gasteiger partial charge in [-0.1, -0.05) is 6.07 Å². The molecule has 0 aliphatic rings. The molecule has 0 spiro atoms. The number of aryl methyl sites for hydroxylation is 1. The summed E-state index contributed by atoms with van der Waals surface area (Å²) in [6.45, 7) is 1.85. The van der Waals surface area contributed by atoms with Gasteiger partial charge < -0.3 is 21.3 Å². The monoisotopic (exact) mass is 380 g/mol. The standard InChI is InChI=1S/C20H21FN6O/c1-12-4-7-14(10-16(12)19(28)23-2)25-20-24-11-17(21)18(26-20)27(3)15-8-5-13(22)6-9-15/h4-11H,22H2,1-3H3,(H,23,28)(H,24,25,26). The number of aromatic nitrogens is 2. The highest BCUT2D eigenvalue weighted by Crippen LogP contribution is 2.26. The largest absolute Gasteiger partial charge is 0.399 e. The molecular formula is C20H21FN6O. The smallest absolute Gasteiger partial charge is 0.251 e. The van der Waals surface area contributed by atoms with Crippen LogP contribution in [0.5, 0.6) is 0 Å². The molecule has 0 saturated carbocycles. The van der Waals surface area contributed by atoms with Crippen molar-refractivity contribution in [3.05, 3.63) is 65.6 Å². The van der Waals surface area contributed by atoms with Crippen molar-refractivity contribution in [2.75, 3.05) is 30.0 Å². The maximum Gasteiger partial charge on any atom is 0.251 e. The van der Waals surface area contributed by atoms with Gasteiger partial charge >= 0.3 is 0 Å². The molecule has 28 heavy (non-hydrogen) atoms. The number of carbonyl (C=O) groups excluding carboxylic acids is 1. The summed E-state index contributed by atoms with van der Waals surface area (Å²) in [5, 5.41) is 5.62. The summed E-state index contributed by atoms with van der Waals surface area (Å²) in [5.41, 5.74) is 9.05. The second-order valence-corrected chi connectivity index (χ2v) is 6.25. The minimum absolute atomic E-state index is 0.112. The molecule has 0 fully saturated rings. The lowest BCUT2D eigenvalue weighted by Gasteiger charge is -2.19. The molecule has 0 atom stereocenters. The number of nitrogen functional groups attached to an aromatic ring is 1. The zero-order valence-electron chi connectivity index (χ0n) is 15.8. The van der Waals surface area contributed by atoms with E-state index in [4.69, 9.17) is 5.73 Å². The Kier molecular flexibility index (Phi) is 5.39. The molecule has 144 valence electrons. The lowest BCUT2D eigenvalue weighted by Crippen LogP contribution is -2.19. The fourth-order valence-electron chi connectivity index (χ4n) is 2.68. The van der Waals surface area contributed by atoms with Crippen molar-refractivity contribution in [2.45, 2.75) is 6.92 Å². The molecule has 1 amide bonds. The van der Waals surface area contributed by atoms with E-state index in [1.165, 1.54) is 0 Å². The van der Waals surface area contributed by atoms with Crippen LogP contribution >= 0.6 is 0 Å². The third-order valence-corrected chi connectivity index (χ3v) is 4.29. The Labute approximate surface area is 162 Å². The third-order valence-electron chi connectivity index (χ3n) is 4.29. The van der Waals surface area contributed by atoms with Crippen molar-refractivity contribution in [1.29, 1.82) is 0 Å². The number of carbonyl (C=O) groups is 1. The Morgan fingerprint density at radius 1 is 1.18 bits per heavy atom. The SMILES string of the molecule is CNC(=O)c1cc(Nc2ncc(F)c(N(C)c3ccc(N)cc3)n2)ccc1C. The van der Waals surface area contributed by atoms with E-state index in [1.807, 2.05) is 13.0 Å². The molecular weight excluding hydrogens is 359 g/mol. The van der Waals surface area contributed by atoms with E-state index in [0.717, 1.165) is 17.4 Å². The topological polar surface area (TPSA) is 96.2 Å². The van der Waals surface area contributed by atoms with Crippen LogP contribution in [-0.4, -0.2) is 30.0 Å². The van der Waals surface area contributed by atoms with Crippen molar-refractivity contribution >= 4 is 34.7 Å². The van der Waals surface area contributed by atoms with Crippen LogP contribution in [0, 0.1) is 12.7 Å². The molecule has 2 aromatic carbocycles. The third kappa shape index (κ3) is 4.01. The van der Waals surface area contributed by atoms with Crippen LogP contribution in [0.15, 0.2) is 48.7 Å². The number of nitrogens with two attached hydrogens (primary N) is 1. The number of hydrogen-bond donors (Lipinski definition) is 3. The molecule has 0 radical (unpaired) electrons. The van der Waals surface area contributed by atoms with E-state index in [0.29, 0.717) is 16.9 Å². The van der Waals surface area contributed by atoms with Gasteiger partial charge in [0.15, 0.2) is 11.6 Å². The highest BCUT2D eigenvalue weighted by molar-refractivity contribution is 5.96. The molecule has 0 unspecified atom stereocenters. The predicted molar refractivity (Wildman–Crippen MR) is 109 cm³/mol. The molecule has 0 bridgehead atoms. The van der Waals surface area contributed by atoms with Crippen molar-refractivity contribution in [3.8, 4) is 0 Å². The van der Waals surface area contributed by atoms with E-state index in [9.17, 15) is 9.18 Å². The van der Waals surface area contributed by atoms with Gasteiger partial charge in [0.2, 0.25) is 5.95 Å². The van der Waals surface area contributed by atoms with Gasteiger partial charge in [0.05, 0.1) is 6.20 Å². The summed E-state index contributed by atoms with van der Waals surface area (Å²) in [5.74, 6) is -0.420. The molecule has 0 aliphatic heterocycles. The molecule has 7 nitrogen and oxygen atoms in total. The summed E-state index contributed by atoms with van der Waals surface area (Å²) in [4.78, 5) is 21.9. The van der Waals surface area contributed by atoms with E-state index < -0.39 is 5.82 Å². The number of rotatable bonds is 5. The number of nitrogens with zero attached hydrogens (tertiary/aromatic N) is 3. The van der Waals surface area contributed by atoms with Crippen LogP contribution in [0.1, 0.15) is 15.9 Å². The van der Waals surface area contributed by atoms with Gasteiger partial charge in [-0.15, -0.1) is 0 Å². The van der Waals surface area contributed by atoms with Crippen LogP contribution in [0.4, 0.5) is 33.2 Å². The predicted octanol–water partition coefficient (Wildman–Crippen LogP) is 3.38. The van der Waals surface area contributed by atoms with Crippen LogP contribution in [0.2, 0.25) is 0 Å².